The van der Waals surface area contributed by atoms with Crippen molar-refractivity contribution in [2.24, 2.45) is 0 Å². The molecule has 6 heteroatoms. The highest BCUT2D eigenvalue weighted by Crippen LogP contribution is 2.08. The van der Waals surface area contributed by atoms with Crippen molar-refractivity contribution in [1.29, 1.82) is 0 Å². The summed E-state index contributed by atoms with van der Waals surface area (Å²) >= 11 is 0. The van der Waals surface area contributed by atoms with E-state index in [1.165, 1.54) is 6.20 Å². The zero-order valence-electron chi connectivity index (χ0n) is 8.74. The maximum Gasteiger partial charge on any atom is 0.227 e. The van der Waals surface area contributed by atoms with Gasteiger partial charge < -0.3 is 4.57 Å². The van der Waals surface area contributed by atoms with Crippen molar-refractivity contribution in [3.05, 3.63) is 42.5 Å². The van der Waals surface area contributed by atoms with Gasteiger partial charge in [-0.3, -0.25) is 4.98 Å². The van der Waals surface area contributed by atoms with Crippen LogP contribution in [-0.2, 0) is 16.4 Å². The second-order valence-corrected chi connectivity index (χ2v) is 5.38. The van der Waals surface area contributed by atoms with Gasteiger partial charge in [0.25, 0.3) is 0 Å². The highest BCUT2D eigenvalue weighted by atomic mass is 32.2. The van der Waals surface area contributed by atoms with E-state index >= 15 is 0 Å². The van der Waals surface area contributed by atoms with Gasteiger partial charge in [0.1, 0.15) is 0 Å². The lowest BCUT2D eigenvalue weighted by Crippen LogP contribution is -2.09. The molecule has 2 aromatic rings. The van der Waals surface area contributed by atoms with Crippen LogP contribution in [-0.4, -0.2) is 29.2 Å². The monoisotopic (exact) mass is 237 g/mol. The van der Waals surface area contributed by atoms with E-state index in [9.17, 15) is 8.42 Å². The largest absolute Gasteiger partial charge is 0.317 e. The first kappa shape index (κ1) is 10.8. The summed E-state index contributed by atoms with van der Waals surface area (Å²) in [5.74, 6) is 0. The Bertz CT molecular complexity index is 575. The maximum absolute atomic E-state index is 11.4. The lowest BCUT2D eigenvalue weighted by atomic mass is 10.3. The van der Waals surface area contributed by atoms with Crippen LogP contribution >= 0.6 is 0 Å². The molecule has 0 aliphatic rings. The minimum atomic E-state index is -3.28. The SMILES string of the molecule is CS(=O)(=O)c1nccn1Cc1cccnc1. The standard InChI is InChI=1S/C10H11N3O2S/c1-16(14,15)10-12-5-6-13(10)8-9-3-2-4-11-7-9/h2-7H,8H2,1H3. The maximum atomic E-state index is 11.4. The third kappa shape index (κ3) is 2.27. The van der Waals surface area contributed by atoms with Gasteiger partial charge in [-0.15, -0.1) is 0 Å². The Hall–Kier alpha value is -1.69. The summed E-state index contributed by atoms with van der Waals surface area (Å²) in [6.45, 7) is 0.455. The number of imidazole rings is 1. The van der Waals surface area contributed by atoms with Crippen molar-refractivity contribution in [3.8, 4) is 0 Å². The number of rotatable bonds is 3. The highest BCUT2D eigenvalue weighted by Gasteiger charge is 2.14. The molecule has 2 heterocycles. The van der Waals surface area contributed by atoms with Crippen molar-refractivity contribution in [2.75, 3.05) is 6.26 Å². The van der Waals surface area contributed by atoms with Gasteiger partial charge >= 0.3 is 0 Å². The Morgan fingerprint density at radius 3 is 2.81 bits per heavy atom. The molecular formula is C10H11N3O2S. The van der Waals surface area contributed by atoms with Gasteiger partial charge in [0.05, 0.1) is 6.54 Å². The Kier molecular flexibility index (Phi) is 2.74. The van der Waals surface area contributed by atoms with Crippen LogP contribution in [0.4, 0.5) is 0 Å². The second kappa shape index (κ2) is 4.05. The van der Waals surface area contributed by atoms with Gasteiger partial charge in [-0.25, -0.2) is 13.4 Å². The van der Waals surface area contributed by atoms with Gasteiger partial charge in [-0.1, -0.05) is 6.07 Å². The molecule has 84 valence electrons. The molecular weight excluding hydrogens is 226 g/mol. The topological polar surface area (TPSA) is 64.8 Å². The first-order valence-corrected chi connectivity index (χ1v) is 6.56. The number of aromatic nitrogens is 3. The number of hydrogen-bond acceptors (Lipinski definition) is 4. The Morgan fingerprint density at radius 2 is 2.19 bits per heavy atom. The molecule has 0 saturated carbocycles. The van der Waals surface area contributed by atoms with Crippen molar-refractivity contribution in [2.45, 2.75) is 11.7 Å². The molecule has 0 fully saturated rings. The molecule has 2 aromatic heterocycles. The molecule has 0 radical (unpaired) electrons. The van der Waals surface area contributed by atoms with Crippen LogP contribution in [0.5, 0.6) is 0 Å². The van der Waals surface area contributed by atoms with Crippen LogP contribution in [0.2, 0.25) is 0 Å². The fourth-order valence-corrected chi connectivity index (χ4v) is 2.24. The van der Waals surface area contributed by atoms with Crippen LogP contribution in [0.25, 0.3) is 0 Å². The summed E-state index contributed by atoms with van der Waals surface area (Å²) in [6.07, 6.45) is 7.64. The van der Waals surface area contributed by atoms with Crippen LogP contribution in [0.15, 0.2) is 42.1 Å². The number of sulfone groups is 1. The summed E-state index contributed by atoms with van der Waals surface area (Å²) in [5.41, 5.74) is 0.936. The number of pyridine rings is 1. The smallest absolute Gasteiger partial charge is 0.227 e. The molecule has 0 atom stereocenters. The van der Waals surface area contributed by atoms with E-state index in [0.717, 1.165) is 11.8 Å². The molecule has 0 saturated heterocycles. The molecule has 2 rings (SSSR count). The van der Waals surface area contributed by atoms with Crippen LogP contribution in [0, 0.1) is 0 Å². The summed E-state index contributed by atoms with van der Waals surface area (Å²) in [6, 6.07) is 3.70. The molecule has 0 N–H and O–H groups in total. The summed E-state index contributed by atoms with van der Waals surface area (Å²) in [5, 5.41) is 0.0800. The predicted octanol–water partition coefficient (Wildman–Crippen LogP) is 0.730. The van der Waals surface area contributed by atoms with E-state index in [-0.39, 0.29) is 5.16 Å². The minimum Gasteiger partial charge on any atom is -0.317 e. The van der Waals surface area contributed by atoms with Crippen LogP contribution in [0.3, 0.4) is 0 Å². The average Bonchev–Trinajstić information content (AvgIpc) is 2.67. The zero-order valence-corrected chi connectivity index (χ0v) is 9.55. The third-order valence-corrected chi connectivity index (χ3v) is 3.09. The van der Waals surface area contributed by atoms with Crippen molar-refractivity contribution >= 4 is 9.84 Å². The first-order chi connectivity index (χ1) is 7.57. The molecule has 16 heavy (non-hydrogen) atoms. The van der Waals surface area contributed by atoms with E-state index in [1.807, 2.05) is 12.1 Å². The summed E-state index contributed by atoms with van der Waals surface area (Å²) < 4.78 is 24.4. The molecule has 0 amide bonds. The zero-order chi connectivity index (χ0) is 11.6. The van der Waals surface area contributed by atoms with Gasteiger partial charge in [-0.05, 0) is 11.6 Å². The van der Waals surface area contributed by atoms with Gasteiger partial charge in [0.15, 0.2) is 0 Å². The third-order valence-electron chi connectivity index (χ3n) is 2.08. The van der Waals surface area contributed by atoms with E-state index in [0.29, 0.717) is 6.54 Å². The van der Waals surface area contributed by atoms with E-state index in [1.54, 1.807) is 23.2 Å². The molecule has 0 unspecified atom stereocenters. The van der Waals surface area contributed by atoms with Crippen molar-refractivity contribution in [1.82, 2.24) is 14.5 Å². The quantitative estimate of drug-likeness (QED) is 0.789. The van der Waals surface area contributed by atoms with Crippen LogP contribution < -0.4 is 0 Å². The molecule has 0 aliphatic heterocycles. The average molecular weight is 237 g/mol. The number of nitrogens with zero attached hydrogens (tertiary/aromatic N) is 3. The Labute approximate surface area is 93.7 Å². The van der Waals surface area contributed by atoms with Crippen molar-refractivity contribution in [3.63, 3.8) is 0 Å². The van der Waals surface area contributed by atoms with Gasteiger partial charge in [0, 0.05) is 31.0 Å². The van der Waals surface area contributed by atoms with Crippen molar-refractivity contribution < 1.29 is 8.42 Å². The molecule has 0 spiro atoms. The lowest BCUT2D eigenvalue weighted by molar-refractivity contribution is 0.578. The fraction of sp³-hybridized carbons (Fsp3) is 0.200. The molecule has 5 nitrogen and oxygen atoms in total. The van der Waals surface area contributed by atoms with Crippen LogP contribution in [0.1, 0.15) is 5.56 Å². The molecule has 0 aromatic carbocycles. The normalized spacial score (nSPS) is 11.6. The van der Waals surface area contributed by atoms with E-state index in [4.69, 9.17) is 0 Å². The van der Waals surface area contributed by atoms with Gasteiger partial charge in [0.2, 0.25) is 15.0 Å². The number of hydrogen-bond donors (Lipinski definition) is 0. The summed E-state index contributed by atoms with van der Waals surface area (Å²) in [4.78, 5) is 7.81. The second-order valence-electron chi connectivity index (χ2n) is 3.47. The Morgan fingerprint density at radius 1 is 1.38 bits per heavy atom. The molecule has 0 aliphatic carbocycles. The summed E-state index contributed by atoms with van der Waals surface area (Å²) in [7, 11) is -3.28. The predicted molar refractivity (Wildman–Crippen MR) is 58.7 cm³/mol. The lowest BCUT2D eigenvalue weighted by Gasteiger charge is -2.05. The molecule has 0 bridgehead atoms. The Balaban J connectivity index is 2.34. The fourth-order valence-electron chi connectivity index (χ4n) is 1.43. The van der Waals surface area contributed by atoms with E-state index in [2.05, 4.69) is 9.97 Å². The van der Waals surface area contributed by atoms with E-state index < -0.39 is 9.84 Å². The highest BCUT2D eigenvalue weighted by molar-refractivity contribution is 7.90. The first-order valence-electron chi connectivity index (χ1n) is 4.67. The minimum absolute atomic E-state index is 0.0800. The van der Waals surface area contributed by atoms with Gasteiger partial charge in [-0.2, -0.15) is 0 Å².